The average Bonchev–Trinajstić information content (AvgIpc) is 2.95. The maximum absolute atomic E-state index is 13.4. The monoisotopic (exact) mass is 368 g/mol. The number of carbonyl (C=O) groups is 1. The summed E-state index contributed by atoms with van der Waals surface area (Å²) in [4.78, 5) is 12.4. The number of aliphatic carboxylic acids is 1. The van der Waals surface area contributed by atoms with E-state index in [0.29, 0.717) is 12.1 Å². The third kappa shape index (κ3) is 3.46. The van der Waals surface area contributed by atoms with E-state index in [1.54, 1.807) is 24.1 Å². The number of rotatable bonds is 6. The van der Waals surface area contributed by atoms with Gasteiger partial charge in [-0.1, -0.05) is 49.6 Å². The second-order valence-corrected chi connectivity index (χ2v) is 7.29. The van der Waals surface area contributed by atoms with Crippen LogP contribution in [0.1, 0.15) is 44.2 Å². The Labute approximate surface area is 159 Å². The Bertz CT molecular complexity index is 846. The summed E-state index contributed by atoms with van der Waals surface area (Å²) in [6.07, 6.45) is 2.57. The number of nitrogens with zero attached hydrogens (tertiary/aromatic N) is 2. The summed E-state index contributed by atoms with van der Waals surface area (Å²) in [5.74, 6) is -1.52. The molecule has 0 bridgehead atoms. The number of halogens is 1. The van der Waals surface area contributed by atoms with Crippen molar-refractivity contribution in [1.82, 2.24) is 0 Å². The maximum Gasteiger partial charge on any atom is 0.332 e. The summed E-state index contributed by atoms with van der Waals surface area (Å²) in [5.41, 5.74) is 2.10. The average molecular weight is 368 g/mol. The standard InChI is InChI=1S/C22H25FN2O2/c1-4-5-6-19-20(16-9-11-17(23)12-10-16)24-25(22(19,3)21(26)27)18-13-7-15(2)8-14-18/h7-14,19H,4-6H2,1-3H3,(H,26,27). The SMILES string of the molecule is CCCCC1C(c2ccc(F)cc2)=NN(c2ccc(C)cc2)C1(C)C(=O)O. The van der Waals surface area contributed by atoms with E-state index in [9.17, 15) is 14.3 Å². The highest BCUT2D eigenvalue weighted by Gasteiger charge is 2.53. The van der Waals surface area contributed by atoms with Gasteiger partial charge >= 0.3 is 5.97 Å². The predicted molar refractivity (Wildman–Crippen MR) is 106 cm³/mol. The van der Waals surface area contributed by atoms with Gasteiger partial charge in [0.1, 0.15) is 5.82 Å². The number of benzene rings is 2. The van der Waals surface area contributed by atoms with E-state index in [-0.39, 0.29) is 11.7 Å². The van der Waals surface area contributed by atoms with Gasteiger partial charge in [-0.05, 0) is 50.1 Å². The minimum atomic E-state index is -1.20. The van der Waals surface area contributed by atoms with E-state index in [1.165, 1.54) is 12.1 Å². The molecule has 1 heterocycles. The van der Waals surface area contributed by atoms with E-state index in [2.05, 4.69) is 6.92 Å². The summed E-state index contributed by atoms with van der Waals surface area (Å²) >= 11 is 0. The summed E-state index contributed by atoms with van der Waals surface area (Å²) in [7, 11) is 0. The first-order valence-electron chi connectivity index (χ1n) is 9.32. The summed E-state index contributed by atoms with van der Waals surface area (Å²) < 4.78 is 13.4. The molecule has 1 aliphatic rings. The zero-order chi connectivity index (χ0) is 19.6. The molecule has 1 aliphatic heterocycles. The lowest BCUT2D eigenvalue weighted by Gasteiger charge is -2.35. The Morgan fingerprint density at radius 2 is 1.81 bits per heavy atom. The normalized spacial score (nSPS) is 22.0. The van der Waals surface area contributed by atoms with Crippen molar-refractivity contribution in [3.63, 3.8) is 0 Å². The van der Waals surface area contributed by atoms with Gasteiger partial charge in [0.2, 0.25) is 0 Å². The molecular formula is C22H25FN2O2. The van der Waals surface area contributed by atoms with Crippen LogP contribution in [0.3, 0.4) is 0 Å². The van der Waals surface area contributed by atoms with Crippen LogP contribution in [-0.4, -0.2) is 22.3 Å². The van der Waals surface area contributed by atoms with Crippen LogP contribution in [0.5, 0.6) is 0 Å². The van der Waals surface area contributed by atoms with E-state index >= 15 is 0 Å². The first kappa shape index (κ1) is 19.1. The largest absolute Gasteiger partial charge is 0.479 e. The van der Waals surface area contributed by atoms with E-state index in [1.807, 2.05) is 31.2 Å². The van der Waals surface area contributed by atoms with E-state index in [0.717, 1.165) is 29.7 Å². The highest BCUT2D eigenvalue weighted by Crippen LogP contribution is 2.41. The van der Waals surface area contributed by atoms with Crippen molar-refractivity contribution in [1.29, 1.82) is 0 Å². The Morgan fingerprint density at radius 3 is 2.37 bits per heavy atom. The summed E-state index contributed by atoms with van der Waals surface area (Å²) in [6, 6.07) is 13.8. The van der Waals surface area contributed by atoms with Gasteiger partial charge in [-0.3, -0.25) is 0 Å². The number of anilines is 1. The molecule has 0 saturated heterocycles. The van der Waals surface area contributed by atoms with Crippen molar-refractivity contribution in [3.8, 4) is 0 Å². The van der Waals surface area contributed by atoms with Crippen molar-refractivity contribution in [2.75, 3.05) is 5.01 Å². The van der Waals surface area contributed by atoms with Crippen LogP contribution in [0, 0.1) is 18.7 Å². The van der Waals surface area contributed by atoms with Crippen LogP contribution < -0.4 is 5.01 Å². The first-order chi connectivity index (χ1) is 12.9. The molecule has 2 aromatic rings. The molecule has 0 radical (unpaired) electrons. The third-order valence-electron chi connectivity index (χ3n) is 5.35. The van der Waals surface area contributed by atoms with Crippen molar-refractivity contribution in [2.45, 2.75) is 45.6 Å². The van der Waals surface area contributed by atoms with Crippen molar-refractivity contribution < 1.29 is 14.3 Å². The van der Waals surface area contributed by atoms with Gasteiger partial charge in [0.15, 0.2) is 5.54 Å². The number of carboxylic acids is 1. The Balaban J connectivity index is 2.13. The smallest absolute Gasteiger partial charge is 0.332 e. The summed E-state index contributed by atoms with van der Waals surface area (Å²) in [6.45, 7) is 5.80. The number of hydrogen-bond donors (Lipinski definition) is 1. The molecule has 5 heteroatoms. The molecule has 0 aromatic heterocycles. The fraction of sp³-hybridized carbons (Fsp3) is 0.364. The highest BCUT2D eigenvalue weighted by molar-refractivity contribution is 6.09. The van der Waals surface area contributed by atoms with Gasteiger partial charge in [0.25, 0.3) is 0 Å². The van der Waals surface area contributed by atoms with Crippen molar-refractivity contribution in [3.05, 3.63) is 65.5 Å². The number of carboxylic acid groups (broad SMARTS) is 1. The number of aryl methyl sites for hydroxylation is 1. The van der Waals surface area contributed by atoms with Gasteiger partial charge in [0, 0.05) is 5.92 Å². The lowest BCUT2D eigenvalue weighted by atomic mass is 9.77. The van der Waals surface area contributed by atoms with Gasteiger partial charge < -0.3 is 5.11 Å². The molecule has 2 aromatic carbocycles. The number of hydrogen-bond acceptors (Lipinski definition) is 3. The van der Waals surface area contributed by atoms with Gasteiger partial charge in [-0.2, -0.15) is 5.10 Å². The van der Waals surface area contributed by atoms with Crippen LogP contribution in [-0.2, 0) is 4.79 Å². The van der Waals surface area contributed by atoms with E-state index in [4.69, 9.17) is 5.10 Å². The molecule has 2 unspecified atom stereocenters. The molecule has 27 heavy (non-hydrogen) atoms. The van der Waals surface area contributed by atoms with Crippen LogP contribution in [0.2, 0.25) is 0 Å². The molecule has 142 valence electrons. The maximum atomic E-state index is 13.4. The van der Waals surface area contributed by atoms with Crippen LogP contribution in [0.25, 0.3) is 0 Å². The molecule has 0 amide bonds. The Morgan fingerprint density at radius 1 is 1.19 bits per heavy atom. The first-order valence-corrected chi connectivity index (χ1v) is 9.32. The molecule has 4 nitrogen and oxygen atoms in total. The Kier molecular flexibility index (Phi) is 5.31. The van der Waals surface area contributed by atoms with E-state index < -0.39 is 11.5 Å². The van der Waals surface area contributed by atoms with Gasteiger partial charge in [0.05, 0.1) is 11.4 Å². The minimum Gasteiger partial charge on any atom is -0.479 e. The van der Waals surface area contributed by atoms with Crippen LogP contribution in [0.15, 0.2) is 53.6 Å². The molecule has 1 N–H and O–H groups in total. The van der Waals surface area contributed by atoms with Crippen molar-refractivity contribution in [2.24, 2.45) is 11.0 Å². The fourth-order valence-electron chi connectivity index (χ4n) is 3.65. The second kappa shape index (κ2) is 7.51. The molecular weight excluding hydrogens is 343 g/mol. The highest BCUT2D eigenvalue weighted by atomic mass is 19.1. The molecule has 0 fully saturated rings. The van der Waals surface area contributed by atoms with Crippen LogP contribution >= 0.6 is 0 Å². The topological polar surface area (TPSA) is 52.9 Å². The quantitative estimate of drug-likeness (QED) is 0.780. The van der Waals surface area contributed by atoms with Crippen molar-refractivity contribution >= 4 is 17.4 Å². The lowest BCUT2D eigenvalue weighted by molar-refractivity contribution is -0.143. The molecule has 0 aliphatic carbocycles. The molecule has 0 saturated carbocycles. The molecule has 3 rings (SSSR count). The fourth-order valence-corrected chi connectivity index (χ4v) is 3.65. The third-order valence-corrected chi connectivity index (χ3v) is 5.35. The zero-order valence-corrected chi connectivity index (χ0v) is 15.9. The minimum absolute atomic E-state index is 0.290. The molecule has 2 atom stereocenters. The second-order valence-electron chi connectivity index (χ2n) is 7.29. The number of hydrazone groups is 1. The summed E-state index contributed by atoms with van der Waals surface area (Å²) in [5, 5.41) is 16.5. The number of unbranched alkanes of at least 4 members (excludes halogenated alkanes) is 1. The van der Waals surface area contributed by atoms with Gasteiger partial charge in [-0.15, -0.1) is 0 Å². The van der Waals surface area contributed by atoms with Crippen LogP contribution in [0.4, 0.5) is 10.1 Å². The lowest BCUT2D eigenvalue weighted by Crippen LogP contribution is -2.53. The predicted octanol–water partition coefficient (Wildman–Crippen LogP) is 5.01. The Hall–Kier alpha value is -2.69. The van der Waals surface area contributed by atoms with Gasteiger partial charge in [-0.25, -0.2) is 14.2 Å². The zero-order valence-electron chi connectivity index (χ0n) is 15.9. The molecule has 0 spiro atoms.